The minimum atomic E-state index is 0.358. The number of anilines is 1. The minimum absolute atomic E-state index is 0.358. The highest BCUT2D eigenvalue weighted by Gasteiger charge is 1.98. The summed E-state index contributed by atoms with van der Waals surface area (Å²) in [4.78, 5) is 0. The van der Waals surface area contributed by atoms with Gasteiger partial charge in [0.05, 0.1) is 12.3 Å². The number of hydrogen-bond acceptors (Lipinski definition) is 4. The molecule has 0 saturated carbocycles. The van der Waals surface area contributed by atoms with Gasteiger partial charge >= 0.3 is 0 Å². The molecule has 1 aromatic heterocycles. The molecule has 1 rings (SSSR count). The Morgan fingerprint density at radius 1 is 1.73 bits per heavy atom. The number of rotatable bonds is 4. The fourth-order valence-corrected chi connectivity index (χ4v) is 0.767. The summed E-state index contributed by atoms with van der Waals surface area (Å²) >= 11 is 0. The predicted molar refractivity (Wildman–Crippen MR) is 41.1 cm³/mol. The maximum absolute atomic E-state index is 5.31. The fraction of sp³-hybridized carbons (Fsp3) is 0.571. The molecule has 0 aliphatic rings. The summed E-state index contributed by atoms with van der Waals surface area (Å²) in [5.41, 5.74) is 6.16. The van der Waals surface area contributed by atoms with Crippen LogP contribution in [0.5, 0.6) is 0 Å². The Balaban J connectivity index is 2.27. The summed E-state index contributed by atoms with van der Waals surface area (Å²) in [7, 11) is 0. The molecule has 0 spiro atoms. The molecule has 0 atom stereocenters. The number of aromatic nitrogens is 1. The van der Waals surface area contributed by atoms with Crippen LogP contribution in [0.25, 0.3) is 0 Å². The summed E-state index contributed by atoms with van der Waals surface area (Å²) < 4.78 is 9.79. The highest BCUT2D eigenvalue weighted by Crippen LogP contribution is 2.04. The molecule has 0 aliphatic heterocycles. The maximum atomic E-state index is 5.31. The van der Waals surface area contributed by atoms with Gasteiger partial charge in [-0.1, -0.05) is 5.16 Å². The van der Waals surface area contributed by atoms with Crippen molar-refractivity contribution in [3.8, 4) is 0 Å². The van der Waals surface area contributed by atoms with Crippen LogP contribution in [-0.4, -0.2) is 18.4 Å². The topological polar surface area (TPSA) is 61.3 Å². The average molecular weight is 156 g/mol. The average Bonchev–Trinajstić information content (AvgIpc) is 2.37. The maximum Gasteiger partial charge on any atom is 0.222 e. The molecule has 0 aromatic carbocycles. The molecule has 4 heteroatoms. The molecule has 62 valence electrons. The second kappa shape index (κ2) is 3.98. The summed E-state index contributed by atoms with van der Waals surface area (Å²) in [6.45, 7) is 3.35. The van der Waals surface area contributed by atoms with Gasteiger partial charge in [-0.3, -0.25) is 0 Å². The minimum Gasteiger partial charge on any atom is -0.381 e. The van der Waals surface area contributed by atoms with Crippen LogP contribution in [0.15, 0.2) is 10.6 Å². The fourth-order valence-electron chi connectivity index (χ4n) is 0.767. The summed E-state index contributed by atoms with van der Waals surface area (Å²) in [5, 5.41) is 3.71. The van der Waals surface area contributed by atoms with Gasteiger partial charge in [-0.25, -0.2) is 0 Å². The van der Waals surface area contributed by atoms with E-state index in [1.54, 1.807) is 6.07 Å². The lowest BCUT2D eigenvalue weighted by atomic mass is 10.3. The van der Waals surface area contributed by atoms with Gasteiger partial charge in [-0.05, 0) is 6.92 Å². The van der Waals surface area contributed by atoms with Gasteiger partial charge in [-0.15, -0.1) is 0 Å². The number of nitrogens with zero attached hydrogens (tertiary/aromatic N) is 1. The van der Waals surface area contributed by atoms with Crippen molar-refractivity contribution in [2.45, 2.75) is 13.3 Å². The first kappa shape index (κ1) is 8.07. The predicted octanol–water partition coefficient (Wildman–Crippen LogP) is 0.836. The van der Waals surface area contributed by atoms with Gasteiger partial charge in [0.25, 0.3) is 0 Å². The summed E-state index contributed by atoms with van der Waals surface area (Å²) in [6, 6.07) is 1.71. The Morgan fingerprint density at radius 3 is 3.09 bits per heavy atom. The van der Waals surface area contributed by atoms with Crippen molar-refractivity contribution in [2.75, 3.05) is 18.9 Å². The monoisotopic (exact) mass is 156 g/mol. The molecule has 4 nitrogen and oxygen atoms in total. The molecule has 0 fully saturated rings. The van der Waals surface area contributed by atoms with E-state index in [9.17, 15) is 0 Å². The van der Waals surface area contributed by atoms with Gasteiger partial charge in [0.15, 0.2) is 0 Å². The Hall–Kier alpha value is -1.03. The lowest BCUT2D eigenvalue weighted by Gasteiger charge is -1.95. The third-order valence-corrected chi connectivity index (χ3v) is 1.28. The molecular formula is C7H12N2O2. The van der Waals surface area contributed by atoms with Crippen LogP contribution in [0.3, 0.4) is 0 Å². The molecule has 1 aromatic rings. The quantitative estimate of drug-likeness (QED) is 0.656. The Labute approximate surface area is 65.3 Å². The molecule has 11 heavy (non-hydrogen) atoms. The van der Waals surface area contributed by atoms with Crippen LogP contribution < -0.4 is 5.73 Å². The largest absolute Gasteiger partial charge is 0.381 e. The number of ether oxygens (including phenoxy) is 1. The van der Waals surface area contributed by atoms with Crippen LogP contribution in [0.4, 0.5) is 5.88 Å². The van der Waals surface area contributed by atoms with Crippen molar-refractivity contribution in [3.63, 3.8) is 0 Å². The first-order valence-electron chi connectivity index (χ1n) is 3.61. The van der Waals surface area contributed by atoms with Crippen molar-refractivity contribution in [3.05, 3.63) is 11.8 Å². The molecule has 0 bridgehead atoms. The van der Waals surface area contributed by atoms with E-state index in [0.717, 1.165) is 18.7 Å². The van der Waals surface area contributed by atoms with Crippen molar-refractivity contribution in [1.82, 2.24) is 5.16 Å². The Kier molecular flexibility index (Phi) is 2.92. The molecule has 0 saturated heterocycles. The molecule has 0 amide bonds. The van der Waals surface area contributed by atoms with E-state index in [1.807, 2.05) is 6.92 Å². The van der Waals surface area contributed by atoms with E-state index < -0.39 is 0 Å². The molecule has 0 radical (unpaired) electrons. The first-order valence-corrected chi connectivity index (χ1v) is 3.61. The highest BCUT2D eigenvalue weighted by atomic mass is 16.5. The zero-order valence-corrected chi connectivity index (χ0v) is 6.54. The molecule has 0 unspecified atom stereocenters. The first-order chi connectivity index (χ1) is 5.33. The van der Waals surface area contributed by atoms with Gasteiger partial charge in [0, 0.05) is 19.1 Å². The molecule has 2 N–H and O–H groups in total. The zero-order valence-electron chi connectivity index (χ0n) is 6.54. The molecular weight excluding hydrogens is 144 g/mol. The number of nitrogens with two attached hydrogens (primary N) is 1. The summed E-state index contributed by atoms with van der Waals surface area (Å²) in [6.07, 6.45) is 0.758. The van der Waals surface area contributed by atoms with Crippen LogP contribution >= 0.6 is 0 Å². The van der Waals surface area contributed by atoms with E-state index in [-0.39, 0.29) is 0 Å². The van der Waals surface area contributed by atoms with Crippen molar-refractivity contribution < 1.29 is 9.26 Å². The van der Waals surface area contributed by atoms with Crippen LogP contribution in [-0.2, 0) is 11.2 Å². The molecule has 1 heterocycles. The van der Waals surface area contributed by atoms with E-state index in [0.29, 0.717) is 12.5 Å². The van der Waals surface area contributed by atoms with Crippen molar-refractivity contribution in [1.29, 1.82) is 0 Å². The van der Waals surface area contributed by atoms with E-state index in [4.69, 9.17) is 10.5 Å². The van der Waals surface area contributed by atoms with E-state index >= 15 is 0 Å². The third-order valence-electron chi connectivity index (χ3n) is 1.28. The van der Waals surface area contributed by atoms with Crippen LogP contribution in [0, 0.1) is 0 Å². The Morgan fingerprint density at radius 2 is 2.55 bits per heavy atom. The summed E-state index contributed by atoms with van der Waals surface area (Å²) in [5.74, 6) is 0.358. The highest BCUT2D eigenvalue weighted by molar-refractivity contribution is 5.24. The second-order valence-electron chi connectivity index (χ2n) is 2.17. The Bertz CT molecular complexity index is 210. The van der Waals surface area contributed by atoms with E-state index in [1.165, 1.54) is 0 Å². The van der Waals surface area contributed by atoms with Gasteiger partial charge < -0.3 is 15.0 Å². The smallest absolute Gasteiger partial charge is 0.222 e. The van der Waals surface area contributed by atoms with Crippen molar-refractivity contribution in [2.24, 2.45) is 0 Å². The zero-order chi connectivity index (χ0) is 8.10. The molecule has 0 aliphatic carbocycles. The van der Waals surface area contributed by atoms with Gasteiger partial charge in [-0.2, -0.15) is 0 Å². The lowest BCUT2D eigenvalue weighted by molar-refractivity contribution is 0.149. The lowest BCUT2D eigenvalue weighted by Crippen LogP contribution is -1.97. The van der Waals surface area contributed by atoms with Crippen LogP contribution in [0.2, 0.25) is 0 Å². The second-order valence-corrected chi connectivity index (χ2v) is 2.17. The SMILES string of the molecule is CCOCCc1cc(N)on1. The van der Waals surface area contributed by atoms with Crippen LogP contribution in [0.1, 0.15) is 12.6 Å². The van der Waals surface area contributed by atoms with E-state index in [2.05, 4.69) is 9.68 Å². The third kappa shape index (κ3) is 2.59. The van der Waals surface area contributed by atoms with Gasteiger partial charge in [0.1, 0.15) is 0 Å². The number of nitrogen functional groups attached to an aromatic ring is 1. The normalized spacial score (nSPS) is 10.3. The van der Waals surface area contributed by atoms with Gasteiger partial charge in [0.2, 0.25) is 5.88 Å². The standard InChI is InChI=1S/C7H12N2O2/c1-2-10-4-3-6-5-7(8)11-9-6/h5H,2-4,8H2,1H3. The number of hydrogen-bond donors (Lipinski definition) is 1. The van der Waals surface area contributed by atoms with Crippen molar-refractivity contribution >= 4 is 5.88 Å².